The van der Waals surface area contributed by atoms with E-state index in [1.165, 1.54) is 24.3 Å². The molecule has 1 amide bonds. The van der Waals surface area contributed by atoms with E-state index >= 15 is 0 Å². The van der Waals surface area contributed by atoms with Crippen LogP contribution in [0.4, 0.5) is 20.2 Å². The van der Waals surface area contributed by atoms with Crippen LogP contribution in [0.2, 0.25) is 0 Å². The molecule has 3 rings (SSSR count). The van der Waals surface area contributed by atoms with Gasteiger partial charge in [0, 0.05) is 17.7 Å². The molecule has 1 aliphatic rings. The van der Waals surface area contributed by atoms with Crippen LogP contribution in [0, 0.1) is 11.6 Å². The van der Waals surface area contributed by atoms with Gasteiger partial charge in [0.15, 0.2) is 5.75 Å². The van der Waals surface area contributed by atoms with Crippen molar-refractivity contribution in [3.05, 3.63) is 53.6 Å². The number of carbonyl (C=O) groups is 1. The third-order valence-electron chi connectivity index (χ3n) is 2.99. The number of rotatable bonds is 1. The molecule has 0 saturated carbocycles. The number of amides is 1. The first kappa shape index (κ1) is 12.4. The van der Waals surface area contributed by atoms with Gasteiger partial charge in [0.1, 0.15) is 11.6 Å². The van der Waals surface area contributed by atoms with Crippen molar-refractivity contribution in [2.24, 2.45) is 0 Å². The third-order valence-corrected chi connectivity index (χ3v) is 2.99. The van der Waals surface area contributed by atoms with Crippen LogP contribution < -0.4 is 15.8 Å². The van der Waals surface area contributed by atoms with Gasteiger partial charge >= 0.3 is 0 Å². The third kappa shape index (κ3) is 2.05. The number of anilines is 2. The van der Waals surface area contributed by atoms with Gasteiger partial charge in [0.25, 0.3) is 5.91 Å². The molecular weight excluding hydrogens is 266 g/mol. The van der Waals surface area contributed by atoms with Crippen molar-refractivity contribution < 1.29 is 18.3 Å². The molecule has 0 bridgehead atoms. The van der Waals surface area contributed by atoms with Gasteiger partial charge in [-0.25, -0.2) is 8.78 Å². The zero-order chi connectivity index (χ0) is 14.3. The number of hydrogen-bond acceptors (Lipinski definition) is 3. The summed E-state index contributed by atoms with van der Waals surface area (Å²) in [6.07, 6.45) is -0.948. The Morgan fingerprint density at radius 2 is 1.80 bits per heavy atom. The average molecular weight is 276 g/mol. The summed E-state index contributed by atoms with van der Waals surface area (Å²) in [5.74, 6) is -1.23. The Hall–Kier alpha value is -2.63. The second kappa shape index (κ2) is 4.48. The number of nitrogens with one attached hydrogen (secondary N) is 1. The van der Waals surface area contributed by atoms with Crippen LogP contribution in [-0.4, -0.2) is 5.91 Å². The molecule has 6 heteroatoms. The van der Waals surface area contributed by atoms with Crippen molar-refractivity contribution in [1.29, 1.82) is 0 Å². The maximum Gasteiger partial charge on any atom is 0.270 e. The van der Waals surface area contributed by atoms with E-state index in [0.29, 0.717) is 5.56 Å². The second-order valence-corrected chi connectivity index (χ2v) is 4.41. The molecule has 20 heavy (non-hydrogen) atoms. The predicted molar refractivity (Wildman–Crippen MR) is 69.2 cm³/mol. The molecule has 3 N–H and O–H groups in total. The first-order valence-corrected chi connectivity index (χ1v) is 5.86. The summed E-state index contributed by atoms with van der Waals surface area (Å²) in [7, 11) is 0. The molecule has 0 saturated heterocycles. The lowest BCUT2D eigenvalue weighted by molar-refractivity contribution is -0.123. The number of halogens is 2. The molecule has 0 aliphatic carbocycles. The van der Waals surface area contributed by atoms with Crippen molar-refractivity contribution in [2.45, 2.75) is 6.10 Å². The largest absolute Gasteiger partial charge is 0.471 e. The van der Waals surface area contributed by atoms with Gasteiger partial charge in [0.2, 0.25) is 6.10 Å². The Labute approximate surface area is 113 Å². The Kier molecular flexibility index (Phi) is 2.78. The summed E-state index contributed by atoms with van der Waals surface area (Å²) in [5.41, 5.74) is 6.44. The Balaban J connectivity index is 2.00. The highest BCUT2D eigenvalue weighted by Gasteiger charge is 2.30. The van der Waals surface area contributed by atoms with E-state index in [0.717, 1.165) is 12.1 Å². The van der Waals surface area contributed by atoms with Gasteiger partial charge in [-0.3, -0.25) is 4.79 Å². The molecule has 2 aromatic carbocycles. The Morgan fingerprint density at radius 3 is 2.50 bits per heavy atom. The molecule has 2 aromatic rings. The lowest BCUT2D eigenvalue weighted by Gasteiger charge is -2.27. The molecule has 1 heterocycles. The van der Waals surface area contributed by atoms with Gasteiger partial charge in [-0.15, -0.1) is 0 Å². The van der Waals surface area contributed by atoms with Gasteiger partial charge < -0.3 is 15.8 Å². The number of nitrogen functional groups attached to an aromatic ring is 1. The normalized spacial score (nSPS) is 17.1. The first-order valence-electron chi connectivity index (χ1n) is 5.86. The average Bonchev–Trinajstić information content (AvgIpc) is 2.39. The fraction of sp³-hybridized carbons (Fsp3) is 0.0714. The number of nitrogens with two attached hydrogens (primary N) is 1. The summed E-state index contributed by atoms with van der Waals surface area (Å²) < 4.78 is 31.6. The van der Waals surface area contributed by atoms with Crippen LogP contribution in [0.15, 0.2) is 36.4 Å². The molecular formula is C14H10F2N2O2. The van der Waals surface area contributed by atoms with E-state index in [-0.39, 0.29) is 17.1 Å². The number of fused-ring (bicyclic) bond motifs is 1. The van der Waals surface area contributed by atoms with Crippen molar-refractivity contribution in [1.82, 2.24) is 0 Å². The van der Waals surface area contributed by atoms with E-state index in [2.05, 4.69) is 5.32 Å². The van der Waals surface area contributed by atoms with E-state index in [9.17, 15) is 13.6 Å². The SMILES string of the molecule is Nc1cc(F)cc2c1OC(c1ccc(F)cc1)C(=O)N2. The monoisotopic (exact) mass is 276 g/mol. The Morgan fingerprint density at radius 1 is 1.10 bits per heavy atom. The minimum Gasteiger partial charge on any atom is -0.471 e. The molecule has 102 valence electrons. The van der Waals surface area contributed by atoms with Crippen molar-refractivity contribution >= 4 is 17.3 Å². The lowest BCUT2D eigenvalue weighted by Crippen LogP contribution is -2.30. The first-order chi connectivity index (χ1) is 9.54. The zero-order valence-electron chi connectivity index (χ0n) is 10.2. The molecule has 4 nitrogen and oxygen atoms in total. The zero-order valence-corrected chi connectivity index (χ0v) is 10.2. The Bertz CT molecular complexity index is 686. The van der Waals surface area contributed by atoms with Gasteiger partial charge in [-0.2, -0.15) is 0 Å². The van der Waals surface area contributed by atoms with E-state index in [1.54, 1.807) is 0 Å². The van der Waals surface area contributed by atoms with Crippen molar-refractivity contribution in [3.63, 3.8) is 0 Å². The van der Waals surface area contributed by atoms with Crippen LogP contribution in [-0.2, 0) is 4.79 Å². The molecule has 0 spiro atoms. The summed E-state index contributed by atoms with van der Waals surface area (Å²) >= 11 is 0. The smallest absolute Gasteiger partial charge is 0.270 e. The maximum atomic E-state index is 13.2. The van der Waals surface area contributed by atoms with Crippen LogP contribution in [0.25, 0.3) is 0 Å². The summed E-state index contributed by atoms with van der Waals surface area (Å²) in [6, 6.07) is 7.60. The van der Waals surface area contributed by atoms with Gasteiger partial charge in [-0.1, -0.05) is 12.1 Å². The number of hydrogen-bond donors (Lipinski definition) is 2. The number of ether oxygens (including phenoxy) is 1. The van der Waals surface area contributed by atoms with Crippen LogP contribution >= 0.6 is 0 Å². The van der Waals surface area contributed by atoms with Crippen LogP contribution in [0.1, 0.15) is 11.7 Å². The second-order valence-electron chi connectivity index (χ2n) is 4.41. The minimum atomic E-state index is -0.948. The topological polar surface area (TPSA) is 64.3 Å². The maximum absolute atomic E-state index is 13.2. The van der Waals surface area contributed by atoms with Crippen LogP contribution in [0.3, 0.4) is 0 Å². The molecule has 1 aliphatic heterocycles. The van der Waals surface area contributed by atoms with Gasteiger partial charge in [0.05, 0.1) is 11.4 Å². The highest BCUT2D eigenvalue weighted by molar-refractivity contribution is 5.99. The van der Waals surface area contributed by atoms with Crippen molar-refractivity contribution in [3.8, 4) is 5.75 Å². The predicted octanol–water partition coefficient (Wildman–Crippen LogP) is 2.62. The quantitative estimate of drug-likeness (QED) is 0.787. The number of benzene rings is 2. The highest BCUT2D eigenvalue weighted by Crippen LogP contribution is 2.39. The fourth-order valence-electron chi connectivity index (χ4n) is 2.07. The highest BCUT2D eigenvalue weighted by atomic mass is 19.1. The van der Waals surface area contributed by atoms with Crippen LogP contribution in [0.5, 0.6) is 5.75 Å². The lowest BCUT2D eigenvalue weighted by atomic mass is 10.1. The molecule has 0 radical (unpaired) electrons. The summed E-state index contributed by atoms with van der Waals surface area (Å²) in [5, 5.41) is 2.53. The summed E-state index contributed by atoms with van der Waals surface area (Å²) in [4.78, 5) is 12.0. The molecule has 0 fully saturated rings. The molecule has 0 aromatic heterocycles. The summed E-state index contributed by atoms with van der Waals surface area (Å²) in [6.45, 7) is 0. The van der Waals surface area contributed by atoms with E-state index in [4.69, 9.17) is 10.5 Å². The minimum absolute atomic E-state index is 0.0899. The molecule has 1 atom stereocenters. The molecule has 1 unspecified atom stereocenters. The van der Waals surface area contributed by atoms with Gasteiger partial charge in [-0.05, 0) is 12.1 Å². The van der Waals surface area contributed by atoms with E-state index < -0.39 is 23.6 Å². The van der Waals surface area contributed by atoms with E-state index in [1.807, 2.05) is 0 Å². The fourth-order valence-corrected chi connectivity index (χ4v) is 2.07. The standard InChI is InChI=1S/C14H10F2N2O2/c15-8-3-1-7(2-4-8)12-14(19)18-11-6-9(16)5-10(17)13(11)20-12/h1-6,12H,17H2,(H,18,19). The number of carbonyl (C=O) groups excluding carboxylic acids is 1. The van der Waals surface area contributed by atoms with Crippen molar-refractivity contribution in [2.75, 3.05) is 11.1 Å².